The summed E-state index contributed by atoms with van der Waals surface area (Å²) in [5.74, 6) is -2.20. The average molecular weight is 407 g/mol. The summed E-state index contributed by atoms with van der Waals surface area (Å²) in [7, 11) is 1.26. The molecule has 8 nitrogen and oxygen atoms in total. The van der Waals surface area contributed by atoms with Crippen LogP contribution in [0.1, 0.15) is 24.9 Å². The Hall–Kier alpha value is -3.68. The molecule has 154 valence electrons. The minimum atomic E-state index is -0.955. The summed E-state index contributed by atoms with van der Waals surface area (Å²) in [6, 6.07) is 13.0. The van der Waals surface area contributed by atoms with Gasteiger partial charge in [0.2, 0.25) is 0 Å². The van der Waals surface area contributed by atoms with E-state index in [0.717, 1.165) is 5.69 Å². The molecule has 0 radical (unpaired) electrons. The number of hydrogen-bond donors (Lipinski definition) is 2. The molecule has 8 heteroatoms. The molecule has 0 bridgehead atoms. The molecule has 2 aliphatic rings. The summed E-state index contributed by atoms with van der Waals surface area (Å²) in [4.78, 5) is 37.1. The Morgan fingerprint density at radius 1 is 1.13 bits per heavy atom. The van der Waals surface area contributed by atoms with Gasteiger partial charge in [-0.1, -0.05) is 31.2 Å². The zero-order valence-corrected chi connectivity index (χ0v) is 16.5. The van der Waals surface area contributed by atoms with E-state index in [0.29, 0.717) is 28.9 Å². The summed E-state index contributed by atoms with van der Waals surface area (Å²) in [6.45, 7) is 1.83. The SMILES string of the molecule is COC(=O)[C@H]1C(=O)C2=C(C[C@@H]1C)Nc1ccccc1N[C@@H]2c1ccccc1[N+](=O)[O-]. The predicted octanol–water partition coefficient (Wildman–Crippen LogP) is 3.83. The topological polar surface area (TPSA) is 111 Å². The van der Waals surface area contributed by atoms with Gasteiger partial charge in [-0.15, -0.1) is 0 Å². The number of esters is 1. The second kappa shape index (κ2) is 7.62. The second-order valence-corrected chi connectivity index (χ2v) is 7.50. The first-order valence-corrected chi connectivity index (χ1v) is 9.63. The lowest BCUT2D eigenvalue weighted by Gasteiger charge is -2.32. The minimum Gasteiger partial charge on any atom is -0.468 e. The number of anilines is 2. The number of ketones is 1. The highest BCUT2D eigenvalue weighted by atomic mass is 16.6. The number of hydrogen-bond acceptors (Lipinski definition) is 7. The molecule has 0 saturated carbocycles. The van der Waals surface area contributed by atoms with Crippen LogP contribution in [0.15, 0.2) is 59.8 Å². The maximum absolute atomic E-state index is 13.5. The molecule has 0 spiro atoms. The van der Waals surface area contributed by atoms with Gasteiger partial charge in [-0.3, -0.25) is 19.7 Å². The van der Waals surface area contributed by atoms with Crippen molar-refractivity contribution >= 4 is 28.8 Å². The van der Waals surface area contributed by atoms with E-state index in [1.807, 2.05) is 31.2 Å². The van der Waals surface area contributed by atoms with Crippen LogP contribution in [0.3, 0.4) is 0 Å². The van der Waals surface area contributed by atoms with Crippen molar-refractivity contribution in [2.24, 2.45) is 11.8 Å². The standard InChI is InChI=1S/C22H21N3O5/c1-12-11-16-19(21(26)18(12)22(27)30-2)20(13-7-3-6-10-17(13)25(28)29)24-15-9-5-4-8-14(15)23-16/h3-10,12,18,20,23-24H,11H2,1-2H3/t12-,18+,20+/m0/s1. The first-order chi connectivity index (χ1) is 14.4. The number of nitro benzene ring substituents is 1. The minimum absolute atomic E-state index is 0.0951. The van der Waals surface area contributed by atoms with E-state index >= 15 is 0 Å². The fraction of sp³-hybridized carbons (Fsp3) is 0.273. The summed E-state index contributed by atoms with van der Waals surface area (Å²) < 4.78 is 4.87. The van der Waals surface area contributed by atoms with Crippen LogP contribution in [0.25, 0.3) is 0 Å². The molecule has 1 heterocycles. The Bertz CT molecular complexity index is 1080. The van der Waals surface area contributed by atoms with Crippen LogP contribution in [0.4, 0.5) is 17.1 Å². The molecule has 0 aromatic heterocycles. The van der Waals surface area contributed by atoms with Gasteiger partial charge in [0.05, 0.1) is 35.0 Å². The molecule has 0 fully saturated rings. The highest BCUT2D eigenvalue weighted by Gasteiger charge is 2.45. The van der Waals surface area contributed by atoms with Crippen molar-refractivity contribution in [3.63, 3.8) is 0 Å². The summed E-state index contributed by atoms with van der Waals surface area (Å²) in [6.07, 6.45) is 0.438. The first kappa shape index (κ1) is 19.6. The fourth-order valence-electron chi connectivity index (χ4n) is 4.26. The number of carbonyl (C=O) groups is 2. The zero-order valence-electron chi connectivity index (χ0n) is 16.5. The number of nitrogens with one attached hydrogen (secondary N) is 2. The van der Waals surface area contributed by atoms with Crippen LogP contribution in [0.2, 0.25) is 0 Å². The lowest BCUT2D eigenvalue weighted by atomic mass is 9.74. The van der Waals surface area contributed by atoms with Crippen molar-refractivity contribution < 1.29 is 19.2 Å². The quantitative estimate of drug-likeness (QED) is 0.344. The lowest BCUT2D eigenvalue weighted by Crippen LogP contribution is -2.39. The molecule has 2 aromatic rings. The third-order valence-electron chi connectivity index (χ3n) is 5.67. The van der Waals surface area contributed by atoms with Gasteiger partial charge in [0.15, 0.2) is 5.78 Å². The number of nitro groups is 1. The van der Waals surface area contributed by atoms with Gasteiger partial charge >= 0.3 is 5.97 Å². The van der Waals surface area contributed by atoms with E-state index in [1.165, 1.54) is 13.2 Å². The van der Waals surface area contributed by atoms with Gasteiger partial charge in [0.25, 0.3) is 5.69 Å². The third kappa shape index (κ3) is 3.20. The third-order valence-corrected chi connectivity index (χ3v) is 5.67. The highest BCUT2D eigenvalue weighted by molar-refractivity contribution is 6.11. The van der Waals surface area contributed by atoms with E-state index in [2.05, 4.69) is 10.6 Å². The Kier molecular flexibility index (Phi) is 4.99. The van der Waals surface area contributed by atoms with E-state index in [1.54, 1.807) is 18.2 Å². The number of ether oxygens (including phenoxy) is 1. The van der Waals surface area contributed by atoms with Gasteiger partial charge in [0, 0.05) is 17.3 Å². The lowest BCUT2D eigenvalue weighted by molar-refractivity contribution is -0.385. The Morgan fingerprint density at radius 3 is 2.50 bits per heavy atom. The molecule has 30 heavy (non-hydrogen) atoms. The maximum Gasteiger partial charge on any atom is 0.316 e. The maximum atomic E-state index is 13.5. The van der Waals surface area contributed by atoms with E-state index in [-0.39, 0.29) is 17.4 Å². The van der Waals surface area contributed by atoms with Crippen molar-refractivity contribution in [1.29, 1.82) is 0 Å². The van der Waals surface area contributed by atoms with Gasteiger partial charge < -0.3 is 15.4 Å². The summed E-state index contributed by atoms with van der Waals surface area (Å²) in [5.41, 5.74) is 2.73. The van der Waals surface area contributed by atoms with E-state index in [4.69, 9.17) is 4.74 Å². The van der Waals surface area contributed by atoms with Crippen molar-refractivity contribution in [1.82, 2.24) is 0 Å². The number of carbonyl (C=O) groups excluding carboxylic acids is 2. The Labute approximate surface area is 173 Å². The fourth-order valence-corrected chi connectivity index (χ4v) is 4.26. The highest BCUT2D eigenvalue weighted by Crippen LogP contribution is 2.45. The van der Waals surface area contributed by atoms with E-state index in [9.17, 15) is 19.7 Å². The molecule has 3 atom stereocenters. The normalized spacial score (nSPS) is 22.7. The predicted molar refractivity (Wildman–Crippen MR) is 111 cm³/mol. The van der Waals surface area contributed by atoms with Gasteiger partial charge in [-0.25, -0.2) is 0 Å². The number of fused-ring (bicyclic) bond motifs is 1. The number of benzene rings is 2. The molecule has 2 aromatic carbocycles. The Morgan fingerprint density at radius 2 is 1.80 bits per heavy atom. The number of allylic oxidation sites excluding steroid dienone is 1. The number of nitrogens with zero attached hydrogens (tertiary/aromatic N) is 1. The first-order valence-electron chi connectivity index (χ1n) is 9.63. The molecule has 1 aliphatic carbocycles. The van der Waals surface area contributed by atoms with Gasteiger partial charge in [-0.05, 0) is 30.5 Å². The van der Waals surface area contributed by atoms with Crippen LogP contribution in [-0.4, -0.2) is 23.8 Å². The van der Waals surface area contributed by atoms with Crippen LogP contribution in [0.5, 0.6) is 0 Å². The smallest absolute Gasteiger partial charge is 0.316 e. The van der Waals surface area contributed by atoms with Crippen molar-refractivity contribution in [3.8, 4) is 0 Å². The molecule has 0 unspecified atom stereocenters. The molecular formula is C22H21N3O5. The molecule has 2 N–H and O–H groups in total. The molecular weight excluding hydrogens is 386 g/mol. The monoisotopic (exact) mass is 407 g/mol. The second-order valence-electron chi connectivity index (χ2n) is 7.50. The number of Topliss-reactive ketones (excluding diaryl/α,β-unsaturated/α-hetero) is 1. The van der Waals surface area contributed by atoms with E-state index < -0.39 is 22.9 Å². The summed E-state index contributed by atoms with van der Waals surface area (Å²) >= 11 is 0. The van der Waals surface area contributed by atoms with Crippen molar-refractivity contribution in [2.45, 2.75) is 19.4 Å². The molecule has 1 aliphatic heterocycles. The van der Waals surface area contributed by atoms with Gasteiger partial charge in [0.1, 0.15) is 5.92 Å². The zero-order chi connectivity index (χ0) is 21.4. The summed E-state index contributed by atoms with van der Waals surface area (Å²) in [5, 5.41) is 18.3. The van der Waals surface area contributed by atoms with Gasteiger partial charge in [-0.2, -0.15) is 0 Å². The largest absolute Gasteiger partial charge is 0.468 e. The number of rotatable bonds is 3. The Balaban J connectivity index is 1.93. The number of para-hydroxylation sites is 3. The average Bonchev–Trinajstić information content (AvgIpc) is 2.90. The van der Waals surface area contributed by atoms with Crippen molar-refractivity contribution in [3.05, 3.63) is 75.5 Å². The van der Waals surface area contributed by atoms with Crippen LogP contribution in [-0.2, 0) is 14.3 Å². The molecule has 0 amide bonds. The van der Waals surface area contributed by atoms with Crippen LogP contribution in [0, 0.1) is 22.0 Å². The molecule has 0 saturated heterocycles. The molecule has 4 rings (SSSR count). The van der Waals surface area contributed by atoms with Crippen LogP contribution < -0.4 is 10.6 Å². The van der Waals surface area contributed by atoms with Crippen LogP contribution >= 0.6 is 0 Å². The number of methoxy groups -OCH3 is 1. The van der Waals surface area contributed by atoms with Crippen molar-refractivity contribution in [2.75, 3.05) is 17.7 Å².